The lowest BCUT2D eigenvalue weighted by Gasteiger charge is -2.12. The Kier molecular flexibility index (Phi) is 6.39. The molecule has 3 rings (SSSR count). The predicted molar refractivity (Wildman–Crippen MR) is 115 cm³/mol. The van der Waals surface area contributed by atoms with Gasteiger partial charge in [-0.05, 0) is 24.6 Å². The Morgan fingerprint density at radius 1 is 1.36 bits per heavy atom. The first kappa shape index (κ1) is 20.4. The molecule has 0 spiro atoms. The average Bonchev–Trinajstić information content (AvgIpc) is 2.69. The number of halogens is 2. The van der Waals surface area contributed by atoms with Gasteiger partial charge in [0.25, 0.3) is 5.56 Å². The van der Waals surface area contributed by atoms with Crippen molar-refractivity contribution >= 4 is 57.6 Å². The van der Waals surface area contributed by atoms with Gasteiger partial charge in [-0.15, -0.1) is 6.58 Å². The molecule has 0 unspecified atom stereocenters. The summed E-state index contributed by atoms with van der Waals surface area (Å²) in [7, 11) is 0. The van der Waals surface area contributed by atoms with Gasteiger partial charge < -0.3 is 5.32 Å². The van der Waals surface area contributed by atoms with Crippen molar-refractivity contribution in [1.29, 1.82) is 0 Å². The van der Waals surface area contributed by atoms with Crippen LogP contribution in [0.2, 0.25) is 10.0 Å². The number of amides is 1. The van der Waals surface area contributed by atoms with E-state index in [2.05, 4.69) is 21.9 Å². The number of carbonyl (C=O) groups is 1. The fraction of sp³-hybridized carbons (Fsp3) is 0.158. The second-order valence-corrected chi connectivity index (χ2v) is 7.57. The smallest absolute Gasteiger partial charge is 0.262 e. The van der Waals surface area contributed by atoms with Gasteiger partial charge in [-0.2, -0.15) is 0 Å². The quantitative estimate of drug-likeness (QED) is 0.355. The highest BCUT2D eigenvalue weighted by Gasteiger charge is 2.15. The summed E-state index contributed by atoms with van der Waals surface area (Å²) in [6.45, 7) is 5.72. The summed E-state index contributed by atoms with van der Waals surface area (Å²) >= 11 is 13.3. The summed E-state index contributed by atoms with van der Waals surface area (Å²) in [5.41, 5.74) is 1.04. The van der Waals surface area contributed by atoms with Gasteiger partial charge in [-0.25, -0.2) is 9.97 Å². The number of nitrogens with one attached hydrogen (secondary N) is 1. The van der Waals surface area contributed by atoms with Gasteiger partial charge in [0, 0.05) is 12.7 Å². The van der Waals surface area contributed by atoms with E-state index in [9.17, 15) is 9.59 Å². The highest BCUT2D eigenvalue weighted by Crippen LogP contribution is 2.28. The maximum atomic E-state index is 12.7. The number of rotatable bonds is 6. The molecule has 0 saturated heterocycles. The van der Waals surface area contributed by atoms with Crippen LogP contribution in [0.25, 0.3) is 10.9 Å². The largest absolute Gasteiger partial charge is 0.309 e. The topological polar surface area (TPSA) is 76.9 Å². The Labute approximate surface area is 175 Å². The van der Waals surface area contributed by atoms with Crippen LogP contribution in [0.4, 0.5) is 5.82 Å². The molecule has 0 aliphatic carbocycles. The van der Waals surface area contributed by atoms with Crippen LogP contribution in [0.1, 0.15) is 5.56 Å². The molecule has 0 aliphatic heterocycles. The molecule has 0 bridgehead atoms. The lowest BCUT2D eigenvalue weighted by atomic mass is 10.2. The molecule has 1 amide bonds. The second kappa shape index (κ2) is 8.77. The third-order valence-electron chi connectivity index (χ3n) is 3.93. The van der Waals surface area contributed by atoms with Crippen LogP contribution in [0, 0.1) is 6.92 Å². The number of aromatic nitrogens is 3. The standard InChI is InChI=1S/C19H16Cl2N4O2S/c1-3-8-25-18(27)12-6-4-5-7-14(12)23-19(25)28-10-15(26)24-17-16(21)11(2)13(20)9-22-17/h3-7,9H,1,8,10H2,2H3,(H,22,24,26). The van der Waals surface area contributed by atoms with Gasteiger partial charge in [-0.1, -0.05) is 53.2 Å². The second-order valence-electron chi connectivity index (χ2n) is 5.85. The van der Waals surface area contributed by atoms with Crippen LogP contribution in [0.15, 0.2) is 53.1 Å². The minimum atomic E-state index is -0.325. The van der Waals surface area contributed by atoms with Gasteiger partial charge in [0.15, 0.2) is 11.0 Å². The fourth-order valence-corrected chi connectivity index (χ4v) is 3.69. The lowest BCUT2D eigenvalue weighted by Crippen LogP contribution is -2.24. The van der Waals surface area contributed by atoms with Crippen LogP contribution in [-0.2, 0) is 11.3 Å². The van der Waals surface area contributed by atoms with Crippen molar-refractivity contribution in [3.05, 3.63) is 69.1 Å². The number of carbonyl (C=O) groups excluding carboxylic acids is 1. The zero-order valence-corrected chi connectivity index (χ0v) is 17.2. The molecule has 1 N–H and O–H groups in total. The normalized spacial score (nSPS) is 10.8. The van der Waals surface area contributed by atoms with Crippen molar-refractivity contribution in [2.75, 3.05) is 11.1 Å². The molecule has 1 aromatic carbocycles. The number of allylic oxidation sites excluding steroid dienone is 1. The molecular weight excluding hydrogens is 419 g/mol. The summed E-state index contributed by atoms with van der Waals surface area (Å²) in [5, 5.41) is 4.32. The molecule has 0 aliphatic rings. The van der Waals surface area contributed by atoms with Crippen LogP contribution >= 0.6 is 35.0 Å². The number of thioether (sulfide) groups is 1. The van der Waals surface area contributed by atoms with Gasteiger partial charge in [0.2, 0.25) is 5.91 Å². The Bertz CT molecular complexity index is 1130. The Morgan fingerprint density at radius 2 is 2.11 bits per heavy atom. The molecule has 6 nitrogen and oxygen atoms in total. The maximum absolute atomic E-state index is 12.7. The van der Waals surface area contributed by atoms with E-state index in [-0.39, 0.29) is 23.0 Å². The molecule has 3 aromatic rings. The molecule has 144 valence electrons. The molecule has 28 heavy (non-hydrogen) atoms. The average molecular weight is 435 g/mol. The zero-order chi connectivity index (χ0) is 20.3. The van der Waals surface area contributed by atoms with Crippen LogP contribution in [0.5, 0.6) is 0 Å². The first-order valence-electron chi connectivity index (χ1n) is 8.26. The van der Waals surface area contributed by atoms with E-state index in [1.54, 1.807) is 31.2 Å². The first-order chi connectivity index (χ1) is 13.4. The predicted octanol–water partition coefficient (Wildman–Crippen LogP) is 4.32. The highest BCUT2D eigenvalue weighted by molar-refractivity contribution is 7.99. The monoisotopic (exact) mass is 434 g/mol. The Morgan fingerprint density at radius 3 is 2.86 bits per heavy atom. The summed E-state index contributed by atoms with van der Waals surface area (Å²) in [6, 6.07) is 7.08. The van der Waals surface area contributed by atoms with E-state index in [1.807, 2.05) is 6.07 Å². The van der Waals surface area contributed by atoms with Crippen molar-refractivity contribution in [2.45, 2.75) is 18.6 Å². The summed E-state index contributed by atoms with van der Waals surface area (Å²) < 4.78 is 1.49. The van der Waals surface area contributed by atoms with E-state index in [4.69, 9.17) is 23.2 Å². The van der Waals surface area contributed by atoms with Gasteiger partial charge in [0.1, 0.15) is 0 Å². The van der Waals surface area contributed by atoms with Crippen LogP contribution in [0.3, 0.4) is 0 Å². The van der Waals surface area contributed by atoms with E-state index in [0.29, 0.717) is 38.2 Å². The molecule has 2 heterocycles. The summed E-state index contributed by atoms with van der Waals surface area (Å²) in [6.07, 6.45) is 3.04. The van der Waals surface area contributed by atoms with E-state index in [0.717, 1.165) is 11.8 Å². The summed E-state index contributed by atoms with van der Waals surface area (Å²) in [4.78, 5) is 33.6. The molecule has 0 radical (unpaired) electrons. The third kappa shape index (κ3) is 4.22. The van der Waals surface area contributed by atoms with Crippen molar-refractivity contribution in [3.63, 3.8) is 0 Å². The van der Waals surface area contributed by atoms with Crippen molar-refractivity contribution in [2.24, 2.45) is 0 Å². The third-order valence-corrected chi connectivity index (χ3v) is 5.75. The molecule has 2 aromatic heterocycles. The number of pyridine rings is 1. The first-order valence-corrected chi connectivity index (χ1v) is 10.00. The minimum absolute atomic E-state index is 0.0294. The van der Waals surface area contributed by atoms with Crippen LogP contribution < -0.4 is 10.9 Å². The minimum Gasteiger partial charge on any atom is -0.309 e. The molecule has 0 fully saturated rings. The highest BCUT2D eigenvalue weighted by atomic mass is 35.5. The number of anilines is 1. The molecule has 0 saturated carbocycles. The van der Waals surface area contributed by atoms with E-state index in [1.165, 1.54) is 10.8 Å². The Hall–Kier alpha value is -2.35. The number of para-hydroxylation sites is 1. The van der Waals surface area contributed by atoms with E-state index >= 15 is 0 Å². The van der Waals surface area contributed by atoms with Crippen molar-refractivity contribution in [3.8, 4) is 0 Å². The van der Waals surface area contributed by atoms with Gasteiger partial charge in [0.05, 0.1) is 26.7 Å². The fourth-order valence-electron chi connectivity index (χ4n) is 2.49. The number of benzene rings is 1. The number of nitrogens with zero attached hydrogens (tertiary/aromatic N) is 3. The molecule has 9 heteroatoms. The SMILES string of the molecule is C=CCn1c(SCC(=O)Nc2ncc(Cl)c(C)c2Cl)nc2ccccc2c1=O. The number of hydrogen-bond donors (Lipinski definition) is 1. The Balaban J connectivity index is 1.82. The van der Waals surface area contributed by atoms with Crippen molar-refractivity contribution < 1.29 is 4.79 Å². The lowest BCUT2D eigenvalue weighted by molar-refractivity contribution is -0.113. The van der Waals surface area contributed by atoms with Crippen LogP contribution in [-0.4, -0.2) is 26.2 Å². The molecule has 0 atom stereocenters. The maximum Gasteiger partial charge on any atom is 0.262 e. The zero-order valence-electron chi connectivity index (χ0n) is 14.9. The number of hydrogen-bond acceptors (Lipinski definition) is 5. The van der Waals surface area contributed by atoms with E-state index < -0.39 is 0 Å². The summed E-state index contributed by atoms with van der Waals surface area (Å²) in [5.74, 6) is -0.0560. The van der Waals surface area contributed by atoms with Gasteiger partial charge >= 0.3 is 0 Å². The molecular formula is C19H16Cl2N4O2S. The number of fused-ring (bicyclic) bond motifs is 1. The van der Waals surface area contributed by atoms with Gasteiger partial charge in [-0.3, -0.25) is 14.2 Å². The van der Waals surface area contributed by atoms with Crippen molar-refractivity contribution in [1.82, 2.24) is 14.5 Å².